The maximum absolute atomic E-state index is 8.82. The molecule has 80 valence electrons. The van der Waals surface area contributed by atoms with Gasteiger partial charge in [0.1, 0.15) is 23.9 Å². The number of aromatic nitrogens is 2. The highest BCUT2D eigenvalue weighted by atomic mass is 16.4. The van der Waals surface area contributed by atoms with Crippen molar-refractivity contribution in [1.82, 2.24) is 9.78 Å². The minimum atomic E-state index is -0.0638. The van der Waals surface area contributed by atoms with E-state index in [9.17, 15) is 0 Å². The van der Waals surface area contributed by atoms with Crippen LogP contribution in [0.15, 0.2) is 28.8 Å². The Kier molecular flexibility index (Phi) is 2.73. The molecule has 0 unspecified atom stereocenters. The molecule has 0 fully saturated rings. The van der Waals surface area contributed by atoms with Gasteiger partial charge in [-0.2, -0.15) is 5.10 Å². The zero-order chi connectivity index (χ0) is 10.7. The standard InChI is InChI=1S/C10H13N3O2/c1-13-10(4-5-12-13)11-6-8-2-3-9(7-14)15-8/h2-5,11,14H,6-7H2,1H3. The van der Waals surface area contributed by atoms with Crippen molar-refractivity contribution in [3.05, 3.63) is 35.9 Å². The number of nitrogens with one attached hydrogen (secondary N) is 1. The maximum Gasteiger partial charge on any atom is 0.129 e. The summed E-state index contributed by atoms with van der Waals surface area (Å²) < 4.78 is 7.07. The number of aliphatic hydroxyl groups excluding tert-OH is 1. The van der Waals surface area contributed by atoms with Gasteiger partial charge in [-0.15, -0.1) is 0 Å². The summed E-state index contributed by atoms with van der Waals surface area (Å²) in [4.78, 5) is 0. The molecule has 0 saturated heterocycles. The topological polar surface area (TPSA) is 63.2 Å². The predicted octanol–water partition coefficient (Wildman–Crippen LogP) is 1.12. The SMILES string of the molecule is Cn1nccc1NCc1ccc(CO)o1. The highest BCUT2D eigenvalue weighted by Gasteiger charge is 2.02. The second kappa shape index (κ2) is 4.18. The average molecular weight is 207 g/mol. The summed E-state index contributed by atoms with van der Waals surface area (Å²) in [7, 11) is 1.86. The highest BCUT2D eigenvalue weighted by Crippen LogP contribution is 2.10. The van der Waals surface area contributed by atoms with Crippen molar-refractivity contribution < 1.29 is 9.52 Å². The fourth-order valence-electron chi connectivity index (χ4n) is 1.33. The van der Waals surface area contributed by atoms with Crippen LogP contribution in [-0.4, -0.2) is 14.9 Å². The Hall–Kier alpha value is -1.75. The van der Waals surface area contributed by atoms with Gasteiger partial charge in [0.25, 0.3) is 0 Å². The van der Waals surface area contributed by atoms with Crippen LogP contribution in [0.5, 0.6) is 0 Å². The zero-order valence-electron chi connectivity index (χ0n) is 8.47. The van der Waals surface area contributed by atoms with E-state index in [2.05, 4.69) is 10.4 Å². The van der Waals surface area contributed by atoms with Crippen LogP contribution in [0.3, 0.4) is 0 Å². The van der Waals surface area contributed by atoms with Crippen molar-refractivity contribution in [2.75, 3.05) is 5.32 Å². The Morgan fingerprint density at radius 3 is 2.80 bits per heavy atom. The second-order valence-electron chi connectivity index (χ2n) is 3.22. The van der Waals surface area contributed by atoms with E-state index in [1.54, 1.807) is 16.9 Å². The van der Waals surface area contributed by atoms with E-state index in [4.69, 9.17) is 9.52 Å². The first-order chi connectivity index (χ1) is 7.29. The molecule has 0 bridgehead atoms. The van der Waals surface area contributed by atoms with E-state index in [1.807, 2.05) is 19.2 Å². The highest BCUT2D eigenvalue weighted by molar-refractivity contribution is 5.33. The molecule has 0 aliphatic rings. The molecule has 2 rings (SSSR count). The molecule has 0 spiro atoms. The number of nitrogens with zero attached hydrogens (tertiary/aromatic N) is 2. The summed E-state index contributed by atoms with van der Waals surface area (Å²) >= 11 is 0. The quantitative estimate of drug-likeness (QED) is 0.788. The third-order valence-corrected chi connectivity index (χ3v) is 2.14. The van der Waals surface area contributed by atoms with Crippen molar-refractivity contribution in [3.8, 4) is 0 Å². The smallest absolute Gasteiger partial charge is 0.129 e. The molecule has 2 aromatic rings. The molecule has 0 saturated carbocycles. The minimum Gasteiger partial charge on any atom is -0.462 e. The lowest BCUT2D eigenvalue weighted by atomic mass is 10.4. The Balaban J connectivity index is 1.96. The fourth-order valence-corrected chi connectivity index (χ4v) is 1.33. The Labute approximate surface area is 87.3 Å². The Bertz CT molecular complexity index is 433. The monoisotopic (exact) mass is 207 g/mol. The van der Waals surface area contributed by atoms with Crippen LogP contribution in [0.2, 0.25) is 0 Å². The molecule has 5 heteroatoms. The number of furan rings is 1. The van der Waals surface area contributed by atoms with Gasteiger partial charge in [0, 0.05) is 13.1 Å². The van der Waals surface area contributed by atoms with Crippen molar-refractivity contribution in [2.24, 2.45) is 7.05 Å². The van der Waals surface area contributed by atoms with Crippen LogP contribution in [0, 0.1) is 0 Å². The van der Waals surface area contributed by atoms with Gasteiger partial charge in [0.05, 0.1) is 12.7 Å². The summed E-state index contributed by atoms with van der Waals surface area (Å²) in [5.74, 6) is 2.30. The van der Waals surface area contributed by atoms with E-state index >= 15 is 0 Å². The van der Waals surface area contributed by atoms with Gasteiger partial charge in [-0.25, -0.2) is 0 Å². The number of anilines is 1. The number of aryl methyl sites for hydroxylation is 1. The van der Waals surface area contributed by atoms with E-state index < -0.39 is 0 Å². The summed E-state index contributed by atoms with van der Waals surface area (Å²) in [6.07, 6.45) is 1.73. The molecule has 0 aliphatic carbocycles. The average Bonchev–Trinajstić information content (AvgIpc) is 2.84. The largest absolute Gasteiger partial charge is 0.462 e. The number of hydrogen-bond donors (Lipinski definition) is 2. The summed E-state index contributed by atoms with van der Waals surface area (Å²) in [6.45, 7) is 0.519. The maximum atomic E-state index is 8.82. The molecule has 2 N–H and O–H groups in total. The van der Waals surface area contributed by atoms with Gasteiger partial charge >= 0.3 is 0 Å². The molecule has 5 nitrogen and oxygen atoms in total. The van der Waals surface area contributed by atoms with Crippen molar-refractivity contribution in [2.45, 2.75) is 13.2 Å². The first-order valence-corrected chi connectivity index (χ1v) is 4.70. The Morgan fingerprint density at radius 1 is 1.40 bits per heavy atom. The predicted molar refractivity (Wildman–Crippen MR) is 55.2 cm³/mol. The van der Waals surface area contributed by atoms with Gasteiger partial charge in [-0.05, 0) is 12.1 Å². The van der Waals surface area contributed by atoms with E-state index in [-0.39, 0.29) is 6.61 Å². The van der Waals surface area contributed by atoms with Crippen molar-refractivity contribution in [1.29, 1.82) is 0 Å². The zero-order valence-corrected chi connectivity index (χ0v) is 8.47. The van der Waals surface area contributed by atoms with E-state index in [1.165, 1.54) is 0 Å². The molecule has 0 amide bonds. The number of hydrogen-bond acceptors (Lipinski definition) is 4. The normalized spacial score (nSPS) is 10.5. The van der Waals surface area contributed by atoms with Gasteiger partial charge in [-0.3, -0.25) is 4.68 Å². The lowest BCUT2D eigenvalue weighted by molar-refractivity contribution is 0.244. The van der Waals surface area contributed by atoms with Crippen LogP contribution < -0.4 is 5.32 Å². The molecule has 0 aromatic carbocycles. The third-order valence-electron chi connectivity index (χ3n) is 2.14. The fraction of sp³-hybridized carbons (Fsp3) is 0.300. The first-order valence-electron chi connectivity index (χ1n) is 4.70. The first kappa shape index (κ1) is 9.79. The van der Waals surface area contributed by atoms with E-state index in [0.29, 0.717) is 12.3 Å². The molecule has 2 heterocycles. The molecule has 0 aliphatic heterocycles. The van der Waals surface area contributed by atoms with Gasteiger partial charge in [0.2, 0.25) is 0 Å². The number of aliphatic hydroxyl groups is 1. The van der Waals surface area contributed by atoms with Gasteiger partial charge < -0.3 is 14.8 Å². The molecular formula is C10H13N3O2. The van der Waals surface area contributed by atoms with Crippen molar-refractivity contribution >= 4 is 5.82 Å². The third kappa shape index (κ3) is 2.19. The number of rotatable bonds is 4. The summed E-state index contributed by atoms with van der Waals surface area (Å²) in [5, 5.41) is 16.0. The molecule has 15 heavy (non-hydrogen) atoms. The van der Waals surface area contributed by atoms with Crippen LogP contribution in [0.1, 0.15) is 11.5 Å². The second-order valence-corrected chi connectivity index (χ2v) is 3.22. The lowest BCUT2D eigenvalue weighted by Crippen LogP contribution is -2.03. The molecule has 0 atom stereocenters. The van der Waals surface area contributed by atoms with Crippen LogP contribution in [-0.2, 0) is 20.2 Å². The van der Waals surface area contributed by atoms with Gasteiger partial charge in [0.15, 0.2) is 0 Å². The Morgan fingerprint density at radius 2 is 2.20 bits per heavy atom. The van der Waals surface area contributed by atoms with Crippen LogP contribution in [0.4, 0.5) is 5.82 Å². The van der Waals surface area contributed by atoms with E-state index in [0.717, 1.165) is 11.6 Å². The molecule has 0 radical (unpaired) electrons. The molecular weight excluding hydrogens is 194 g/mol. The summed E-state index contributed by atoms with van der Waals surface area (Å²) in [5.41, 5.74) is 0. The van der Waals surface area contributed by atoms with Crippen LogP contribution in [0.25, 0.3) is 0 Å². The lowest BCUT2D eigenvalue weighted by Gasteiger charge is -2.03. The van der Waals surface area contributed by atoms with Crippen molar-refractivity contribution in [3.63, 3.8) is 0 Å². The molecule has 2 aromatic heterocycles. The summed E-state index contributed by atoms with van der Waals surface area (Å²) in [6, 6.07) is 5.49. The van der Waals surface area contributed by atoms with Crippen LogP contribution >= 0.6 is 0 Å². The minimum absolute atomic E-state index is 0.0638. The van der Waals surface area contributed by atoms with Gasteiger partial charge in [-0.1, -0.05) is 0 Å².